The molecule has 0 spiro atoms. The van der Waals surface area contributed by atoms with Crippen LogP contribution in [0.4, 0.5) is 0 Å². The van der Waals surface area contributed by atoms with E-state index in [-0.39, 0.29) is 12.2 Å². The summed E-state index contributed by atoms with van der Waals surface area (Å²) in [5.41, 5.74) is 1.11. The summed E-state index contributed by atoms with van der Waals surface area (Å²) in [6, 6.07) is 8.23. The van der Waals surface area contributed by atoms with Crippen LogP contribution in [-0.2, 0) is 16.0 Å². The van der Waals surface area contributed by atoms with Crippen molar-refractivity contribution in [2.45, 2.75) is 52.4 Å². The molecule has 0 amide bonds. The zero-order valence-electron chi connectivity index (χ0n) is 19.5. The number of guanidine groups is 1. The molecule has 0 radical (unpaired) electrons. The van der Waals surface area contributed by atoms with Crippen LogP contribution in [0.2, 0.25) is 0 Å². The fourth-order valence-electron chi connectivity index (χ4n) is 4.17. The first-order valence-corrected chi connectivity index (χ1v) is 11.9. The molecule has 2 aliphatic rings. The van der Waals surface area contributed by atoms with E-state index in [9.17, 15) is 0 Å². The first-order chi connectivity index (χ1) is 15.2. The predicted octanol–water partition coefficient (Wildman–Crippen LogP) is 2.75. The quantitative estimate of drug-likeness (QED) is 0.453. The second-order valence-corrected chi connectivity index (χ2v) is 8.06. The minimum atomic E-state index is 0.121. The molecule has 0 aromatic heterocycles. The highest BCUT2D eigenvalue weighted by atomic mass is 16.5. The lowest BCUT2D eigenvalue weighted by atomic mass is 10.1. The molecular weight excluding hydrogens is 392 g/mol. The number of rotatable bonds is 10. The van der Waals surface area contributed by atoms with Crippen molar-refractivity contribution in [3.63, 3.8) is 0 Å². The van der Waals surface area contributed by atoms with Gasteiger partial charge in [-0.1, -0.05) is 32.0 Å². The number of hydrogen-bond acceptors (Lipinski definition) is 5. The molecule has 7 heteroatoms. The van der Waals surface area contributed by atoms with Gasteiger partial charge in [-0.05, 0) is 38.9 Å². The number of nitrogens with one attached hydrogen (secondary N) is 1. The van der Waals surface area contributed by atoms with E-state index in [1.165, 1.54) is 0 Å². The monoisotopic (exact) mass is 432 g/mol. The number of ether oxygens (including phenoxy) is 3. The summed E-state index contributed by atoms with van der Waals surface area (Å²) in [4.78, 5) is 9.63. The molecule has 1 aromatic carbocycles. The molecule has 3 rings (SSSR count). The molecular formula is C24H40N4O3. The molecule has 0 aliphatic carbocycles. The van der Waals surface area contributed by atoms with Crippen molar-refractivity contribution in [3.8, 4) is 5.75 Å². The Morgan fingerprint density at radius 3 is 2.71 bits per heavy atom. The molecule has 2 aliphatic heterocycles. The van der Waals surface area contributed by atoms with Gasteiger partial charge in [0.05, 0.1) is 19.3 Å². The van der Waals surface area contributed by atoms with Crippen LogP contribution >= 0.6 is 0 Å². The third-order valence-electron chi connectivity index (χ3n) is 6.04. The van der Waals surface area contributed by atoms with Crippen molar-refractivity contribution in [3.05, 3.63) is 29.8 Å². The Morgan fingerprint density at radius 1 is 1.16 bits per heavy atom. The Labute approximate surface area is 187 Å². The minimum Gasteiger partial charge on any atom is -0.492 e. The lowest BCUT2D eigenvalue weighted by Gasteiger charge is -2.37. The zero-order valence-corrected chi connectivity index (χ0v) is 19.5. The molecule has 2 unspecified atom stereocenters. The van der Waals surface area contributed by atoms with Gasteiger partial charge >= 0.3 is 0 Å². The molecule has 2 atom stereocenters. The molecule has 1 aromatic rings. The first-order valence-electron chi connectivity index (χ1n) is 11.9. The van der Waals surface area contributed by atoms with E-state index in [1.54, 1.807) is 0 Å². The number of likely N-dealkylation sites (N-methyl/N-ethyl adjacent to an activating group) is 1. The lowest BCUT2D eigenvalue weighted by molar-refractivity contribution is -0.0817. The summed E-state index contributed by atoms with van der Waals surface area (Å²) in [5, 5.41) is 3.46. The van der Waals surface area contributed by atoms with E-state index >= 15 is 0 Å². The summed E-state index contributed by atoms with van der Waals surface area (Å²) in [7, 11) is 0. The topological polar surface area (TPSA) is 58.6 Å². The Kier molecular flexibility index (Phi) is 9.90. The summed E-state index contributed by atoms with van der Waals surface area (Å²) in [6.45, 7) is 14.8. The maximum atomic E-state index is 6.11. The van der Waals surface area contributed by atoms with Gasteiger partial charge < -0.3 is 29.3 Å². The van der Waals surface area contributed by atoms with Crippen LogP contribution in [-0.4, -0.2) is 87.1 Å². The standard InChI is InChI=1S/C24H40N4O3/c1-4-25-24(28-14-17-31-23(19-28)22-12-9-15-29-22)26-18-20-10-7-8-11-21(20)30-16-13-27(5-2)6-3/h7-8,10-11,22-23H,4-6,9,12-19H2,1-3H3,(H,25,26). The summed E-state index contributed by atoms with van der Waals surface area (Å²) in [6.07, 6.45) is 2.55. The largest absolute Gasteiger partial charge is 0.492 e. The number of morpholine rings is 1. The van der Waals surface area contributed by atoms with Crippen molar-refractivity contribution < 1.29 is 14.2 Å². The number of para-hydroxylation sites is 1. The minimum absolute atomic E-state index is 0.121. The van der Waals surface area contributed by atoms with Gasteiger partial charge in [0.2, 0.25) is 0 Å². The van der Waals surface area contributed by atoms with Crippen LogP contribution < -0.4 is 10.1 Å². The van der Waals surface area contributed by atoms with E-state index in [1.807, 2.05) is 12.1 Å². The van der Waals surface area contributed by atoms with Crippen LogP contribution in [0, 0.1) is 0 Å². The van der Waals surface area contributed by atoms with Gasteiger partial charge in [-0.2, -0.15) is 0 Å². The number of hydrogen-bond donors (Lipinski definition) is 1. The maximum Gasteiger partial charge on any atom is 0.194 e. The average molecular weight is 433 g/mol. The van der Waals surface area contributed by atoms with E-state index in [0.717, 1.165) is 76.0 Å². The maximum absolute atomic E-state index is 6.11. The van der Waals surface area contributed by atoms with Crippen LogP contribution in [0.1, 0.15) is 39.2 Å². The third kappa shape index (κ3) is 7.09. The fraction of sp³-hybridized carbons (Fsp3) is 0.708. The van der Waals surface area contributed by atoms with E-state index in [2.05, 4.69) is 48.0 Å². The van der Waals surface area contributed by atoms with E-state index in [0.29, 0.717) is 19.8 Å². The van der Waals surface area contributed by atoms with Gasteiger partial charge in [0.15, 0.2) is 5.96 Å². The Bertz CT molecular complexity index is 675. The molecule has 0 bridgehead atoms. The molecule has 174 valence electrons. The van der Waals surface area contributed by atoms with Crippen molar-refractivity contribution in [1.29, 1.82) is 0 Å². The van der Waals surface area contributed by atoms with Gasteiger partial charge in [-0.3, -0.25) is 0 Å². The molecule has 7 nitrogen and oxygen atoms in total. The molecule has 31 heavy (non-hydrogen) atoms. The number of aliphatic imine (C=N–C) groups is 1. The van der Waals surface area contributed by atoms with Crippen LogP contribution in [0.25, 0.3) is 0 Å². The van der Waals surface area contributed by atoms with Crippen molar-refractivity contribution in [1.82, 2.24) is 15.1 Å². The summed E-state index contributed by atoms with van der Waals surface area (Å²) < 4.78 is 18.0. The zero-order chi connectivity index (χ0) is 21.9. The number of nitrogens with zero attached hydrogens (tertiary/aromatic N) is 3. The van der Waals surface area contributed by atoms with Crippen molar-refractivity contribution >= 4 is 5.96 Å². The second-order valence-electron chi connectivity index (χ2n) is 8.06. The normalized spacial score (nSPS) is 22.2. The lowest BCUT2D eigenvalue weighted by Crippen LogP contribution is -2.53. The molecule has 0 saturated carbocycles. The van der Waals surface area contributed by atoms with Gasteiger partial charge in [0.25, 0.3) is 0 Å². The average Bonchev–Trinajstić information content (AvgIpc) is 3.35. The highest BCUT2D eigenvalue weighted by Gasteiger charge is 2.32. The Hall–Kier alpha value is -1.83. The molecule has 2 saturated heterocycles. The summed E-state index contributed by atoms with van der Waals surface area (Å²) >= 11 is 0. The van der Waals surface area contributed by atoms with Gasteiger partial charge in [-0.15, -0.1) is 0 Å². The summed E-state index contributed by atoms with van der Waals surface area (Å²) in [5.74, 6) is 1.86. The molecule has 2 heterocycles. The van der Waals surface area contributed by atoms with Crippen LogP contribution in [0.3, 0.4) is 0 Å². The van der Waals surface area contributed by atoms with Crippen LogP contribution in [0.15, 0.2) is 29.3 Å². The van der Waals surface area contributed by atoms with E-state index in [4.69, 9.17) is 19.2 Å². The molecule has 2 fully saturated rings. The fourth-order valence-corrected chi connectivity index (χ4v) is 4.17. The van der Waals surface area contributed by atoms with Gasteiger partial charge in [0.1, 0.15) is 18.5 Å². The highest BCUT2D eigenvalue weighted by molar-refractivity contribution is 5.80. The SMILES string of the molecule is CCNC(=NCc1ccccc1OCCN(CC)CC)N1CCOC(C2CCCO2)C1. The van der Waals surface area contributed by atoms with Gasteiger partial charge in [0, 0.05) is 38.3 Å². The van der Waals surface area contributed by atoms with E-state index < -0.39 is 0 Å². The van der Waals surface area contributed by atoms with Crippen molar-refractivity contribution in [2.24, 2.45) is 4.99 Å². The predicted molar refractivity (Wildman–Crippen MR) is 125 cm³/mol. The highest BCUT2D eigenvalue weighted by Crippen LogP contribution is 2.22. The van der Waals surface area contributed by atoms with Gasteiger partial charge in [-0.25, -0.2) is 4.99 Å². The van der Waals surface area contributed by atoms with Crippen LogP contribution in [0.5, 0.6) is 5.75 Å². The first kappa shape index (κ1) is 23.8. The molecule has 1 N–H and O–H groups in total. The Balaban J connectivity index is 1.62. The van der Waals surface area contributed by atoms with Crippen molar-refractivity contribution in [2.75, 3.05) is 59.1 Å². The smallest absolute Gasteiger partial charge is 0.194 e. The second kappa shape index (κ2) is 12.9. The Morgan fingerprint density at radius 2 is 1.97 bits per heavy atom. The third-order valence-corrected chi connectivity index (χ3v) is 6.04. The number of benzene rings is 1.